The van der Waals surface area contributed by atoms with Crippen LogP contribution in [0.5, 0.6) is 0 Å². The molecule has 0 aliphatic carbocycles. The molecule has 4 rings (SSSR count). The van der Waals surface area contributed by atoms with E-state index in [-0.39, 0.29) is 11.8 Å². The zero-order valence-corrected chi connectivity index (χ0v) is 13.8. The number of carbonyl (C=O) groups excluding carboxylic acids is 1. The van der Waals surface area contributed by atoms with Gasteiger partial charge in [0.1, 0.15) is 5.69 Å². The van der Waals surface area contributed by atoms with E-state index in [4.69, 9.17) is 0 Å². The second-order valence-corrected chi connectivity index (χ2v) is 6.26. The first-order valence-corrected chi connectivity index (χ1v) is 8.47. The van der Waals surface area contributed by atoms with Gasteiger partial charge in [-0.25, -0.2) is 4.98 Å². The van der Waals surface area contributed by atoms with E-state index in [0.717, 1.165) is 36.3 Å². The van der Waals surface area contributed by atoms with Crippen molar-refractivity contribution in [2.45, 2.75) is 18.8 Å². The Morgan fingerprint density at radius 2 is 2.08 bits per heavy atom. The van der Waals surface area contributed by atoms with Crippen LogP contribution in [0.2, 0.25) is 0 Å². The van der Waals surface area contributed by atoms with Crippen LogP contribution < -0.4 is 0 Å². The third-order valence-corrected chi connectivity index (χ3v) is 4.60. The lowest BCUT2D eigenvalue weighted by Crippen LogP contribution is -2.39. The molecule has 1 N–H and O–H groups in total. The largest absolute Gasteiger partial charge is 0.337 e. The molecule has 3 aromatic rings. The number of hydrogen-bond donors (Lipinski definition) is 1. The van der Waals surface area contributed by atoms with Gasteiger partial charge in [-0.05, 0) is 18.9 Å². The lowest BCUT2D eigenvalue weighted by molar-refractivity contribution is 0.0699. The van der Waals surface area contributed by atoms with Crippen molar-refractivity contribution in [3.8, 4) is 11.3 Å². The summed E-state index contributed by atoms with van der Waals surface area (Å²) in [5.41, 5.74) is 3.51. The van der Waals surface area contributed by atoms with Crippen LogP contribution in [-0.4, -0.2) is 44.1 Å². The highest BCUT2D eigenvalue weighted by Crippen LogP contribution is 2.28. The maximum absolute atomic E-state index is 12.6. The van der Waals surface area contributed by atoms with Crippen molar-refractivity contribution in [1.29, 1.82) is 0 Å². The molecule has 6 nitrogen and oxygen atoms in total. The molecule has 1 fully saturated rings. The van der Waals surface area contributed by atoms with E-state index >= 15 is 0 Å². The quantitative estimate of drug-likeness (QED) is 0.800. The average Bonchev–Trinajstić information content (AvgIpc) is 3.19. The van der Waals surface area contributed by atoms with Gasteiger partial charge in [0.15, 0.2) is 0 Å². The SMILES string of the molecule is O=C(c1cnccn1)N1CCC[C@@H](c2cc(-c3ccccc3)n[nH]2)C1. The van der Waals surface area contributed by atoms with Crippen LogP contribution in [0.3, 0.4) is 0 Å². The minimum Gasteiger partial charge on any atom is -0.337 e. The Morgan fingerprint density at radius 1 is 1.20 bits per heavy atom. The normalized spacial score (nSPS) is 17.4. The highest BCUT2D eigenvalue weighted by Gasteiger charge is 2.27. The minimum atomic E-state index is -0.0550. The summed E-state index contributed by atoms with van der Waals surface area (Å²) in [6.45, 7) is 1.43. The van der Waals surface area contributed by atoms with Gasteiger partial charge in [-0.1, -0.05) is 30.3 Å². The summed E-state index contributed by atoms with van der Waals surface area (Å²) in [7, 11) is 0. The maximum atomic E-state index is 12.6. The second-order valence-electron chi connectivity index (χ2n) is 6.26. The van der Waals surface area contributed by atoms with Crippen molar-refractivity contribution in [3.05, 3.63) is 66.4 Å². The number of amides is 1. The molecule has 1 atom stereocenters. The predicted molar refractivity (Wildman–Crippen MR) is 93.9 cm³/mol. The molecule has 126 valence electrons. The van der Waals surface area contributed by atoms with Crippen molar-refractivity contribution in [2.75, 3.05) is 13.1 Å². The van der Waals surface area contributed by atoms with E-state index in [1.807, 2.05) is 35.2 Å². The first-order chi connectivity index (χ1) is 12.3. The summed E-state index contributed by atoms with van der Waals surface area (Å²) in [5.74, 6) is 0.208. The molecule has 3 heterocycles. The molecular weight excluding hydrogens is 314 g/mol. The van der Waals surface area contributed by atoms with Crippen LogP contribution in [0.15, 0.2) is 55.0 Å². The van der Waals surface area contributed by atoms with Gasteiger partial charge >= 0.3 is 0 Å². The molecule has 1 aromatic carbocycles. The van der Waals surface area contributed by atoms with E-state index < -0.39 is 0 Å². The zero-order valence-electron chi connectivity index (χ0n) is 13.8. The van der Waals surface area contributed by atoms with E-state index in [1.165, 1.54) is 6.20 Å². The topological polar surface area (TPSA) is 74.8 Å². The molecule has 0 radical (unpaired) electrons. The summed E-state index contributed by atoms with van der Waals surface area (Å²) in [6.07, 6.45) is 6.66. The highest BCUT2D eigenvalue weighted by molar-refractivity contribution is 5.92. The van der Waals surface area contributed by atoms with E-state index in [2.05, 4.69) is 26.2 Å². The molecule has 0 unspecified atom stereocenters. The molecule has 1 amide bonds. The van der Waals surface area contributed by atoms with Gasteiger partial charge in [0.2, 0.25) is 0 Å². The van der Waals surface area contributed by atoms with Gasteiger partial charge in [0.25, 0.3) is 5.91 Å². The fourth-order valence-corrected chi connectivity index (χ4v) is 3.29. The second kappa shape index (κ2) is 6.84. The molecule has 1 saturated heterocycles. The van der Waals surface area contributed by atoms with Crippen LogP contribution in [0.25, 0.3) is 11.3 Å². The lowest BCUT2D eigenvalue weighted by Gasteiger charge is -2.31. The number of aromatic amines is 1. The Labute approximate surface area is 145 Å². The van der Waals surface area contributed by atoms with Crippen LogP contribution in [0.4, 0.5) is 0 Å². The third-order valence-electron chi connectivity index (χ3n) is 4.60. The van der Waals surface area contributed by atoms with Gasteiger partial charge in [-0.15, -0.1) is 0 Å². The standard InChI is InChI=1S/C19H19N5O/c25-19(18-12-20-8-9-21-18)24-10-4-7-15(13-24)17-11-16(22-23-17)14-5-2-1-3-6-14/h1-3,5-6,8-9,11-12,15H,4,7,10,13H2,(H,22,23)/t15-/m1/s1. The highest BCUT2D eigenvalue weighted by atomic mass is 16.2. The first kappa shape index (κ1) is 15.5. The summed E-state index contributed by atoms with van der Waals surface area (Å²) >= 11 is 0. The van der Waals surface area contributed by atoms with Crippen LogP contribution >= 0.6 is 0 Å². The smallest absolute Gasteiger partial charge is 0.274 e. The van der Waals surface area contributed by atoms with Crippen molar-refractivity contribution < 1.29 is 4.79 Å². The number of carbonyl (C=O) groups is 1. The fraction of sp³-hybridized carbons (Fsp3) is 0.263. The number of nitrogens with one attached hydrogen (secondary N) is 1. The van der Waals surface area contributed by atoms with E-state index in [0.29, 0.717) is 12.2 Å². The molecule has 0 spiro atoms. The zero-order chi connectivity index (χ0) is 17.1. The van der Waals surface area contributed by atoms with Gasteiger partial charge in [0, 0.05) is 42.7 Å². The Balaban J connectivity index is 1.50. The lowest BCUT2D eigenvalue weighted by atomic mass is 9.94. The summed E-state index contributed by atoms with van der Waals surface area (Å²) in [5, 5.41) is 7.60. The Hall–Kier alpha value is -3.02. The Morgan fingerprint density at radius 3 is 2.88 bits per heavy atom. The van der Waals surface area contributed by atoms with Crippen molar-refractivity contribution in [2.24, 2.45) is 0 Å². The molecule has 2 aromatic heterocycles. The summed E-state index contributed by atoms with van der Waals surface area (Å²) in [4.78, 5) is 22.6. The van der Waals surface area contributed by atoms with Crippen molar-refractivity contribution in [1.82, 2.24) is 25.1 Å². The number of H-pyrrole nitrogens is 1. The van der Waals surface area contributed by atoms with Crippen molar-refractivity contribution in [3.63, 3.8) is 0 Å². The number of piperidine rings is 1. The monoisotopic (exact) mass is 333 g/mol. The maximum Gasteiger partial charge on any atom is 0.274 e. The van der Waals surface area contributed by atoms with Crippen molar-refractivity contribution >= 4 is 5.91 Å². The predicted octanol–water partition coefficient (Wildman–Crippen LogP) is 2.89. The van der Waals surface area contributed by atoms with Crippen LogP contribution in [-0.2, 0) is 0 Å². The molecule has 6 heteroatoms. The number of hydrogen-bond acceptors (Lipinski definition) is 4. The molecule has 0 bridgehead atoms. The number of benzene rings is 1. The van der Waals surface area contributed by atoms with Gasteiger partial charge in [-0.3, -0.25) is 14.9 Å². The molecule has 1 aliphatic rings. The number of rotatable bonds is 3. The van der Waals surface area contributed by atoms with Gasteiger partial charge in [-0.2, -0.15) is 5.10 Å². The molecule has 1 aliphatic heterocycles. The fourth-order valence-electron chi connectivity index (χ4n) is 3.29. The van der Waals surface area contributed by atoms with Crippen LogP contribution in [0.1, 0.15) is 34.9 Å². The number of aromatic nitrogens is 4. The molecular formula is C19H19N5O. The number of likely N-dealkylation sites (tertiary alicyclic amines) is 1. The summed E-state index contributed by atoms with van der Waals surface area (Å²) in [6, 6.07) is 12.2. The minimum absolute atomic E-state index is 0.0550. The third kappa shape index (κ3) is 3.28. The van der Waals surface area contributed by atoms with Gasteiger partial charge in [0.05, 0.1) is 11.9 Å². The first-order valence-electron chi connectivity index (χ1n) is 8.47. The summed E-state index contributed by atoms with van der Waals surface area (Å²) < 4.78 is 0. The molecule has 25 heavy (non-hydrogen) atoms. The number of nitrogens with zero attached hydrogens (tertiary/aromatic N) is 4. The van der Waals surface area contributed by atoms with Crippen LogP contribution in [0, 0.1) is 0 Å². The average molecular weight is 333 g/mol. The molecule has 0 saturated carbocycles. The van der Waals surface area contributed by atoms with Gasteiger partial charge < -0.3 is 4.90 Å². The Bertz CT molecular complexity index is 847. The Kier molecular flexibility index (Phi) is 4.24. The van der Waals surface area contributed by atoms with E-state index in [1.54, 1.807) is 12.4 Å². The van der Waals surface area contributed by atoms with E-state index in [9.17, 15) is 4.79 Å².